The minimum Gasteiger partial charge on any atom is -0.508 e. The summed E-state index contributed by atoms with van der Waals surface area (Å²) in [6.45, 7) is 2.21. The van der Waals surface area contributed by atoms with Gasteiger partial charge in [0.2, 0.25) is 0 Å². The Kier molecular flexibility index (Phi) is 6.17. The Labute approximate surface area is 156 Å². The van der Waals surface area contributed by atoms with Crippen molar-refractivity contribution < 1.29 is 10.2 Å². The summed E-state index contributed by atoms with van der Waals surface area (Å²) >= 11 is 0. The molecule has 1 aliphatic rings. The molecule has 0 saturated carbocycles. The highest BCUT2D eigenvalue weighted by atomic mass is 16.3. The smallest absolute Gasteiger partial charge is 0.118 e. The number of aryl methyl sites for hydroxylation is 1. The third kappa shape index (κ3) is 4.57. The van der Waals surface area contributed by atoms with Crippen molar-refractivity contribution in [1.29, 1.82) is 0 Å². The van der Waals surface area contributed by atoms with Crippen molar-refractivity contribution in [3.05, 3.63) is 83.5 Å². The third-order valence-electron chi connectivity index (χ3n) is 5.12. The van der Waals surface area contributed by atoms with Gasteiger partial charge in [0, 0.05) is 11.8 Å². The van der Waals surface area contributed by atoms with Crippen molar-refractivity contribution in [2.75, 3.05) is 0 Å². The van der Waals surface area contributed by atoms with Crippen molar-refractivity contribution >= 4 is 0 Å². The van der Waals surface area contributed by atoms with Crippen LogP contribution in [0.25, 0.3) is 0 Å². The van der Waals surface area contributed by atoms with E-state index in [1.807, 2.05) is 24.3 Å². The van der Waals surface area contributed by atoms with Gasteiger partial charge in [0.25, 0.3) is 0 Å². The van der Waals surface area contributed by atoms with Gasteiger partial charge in [0.05, 0.1) is 0 Å². The summed E-state index contributed by atoms with van der Waals surface area (Å²) in [6, 6.07) is 13.4. The second-order valence-electron chi connectivity index (χ2n) is 7.11. The second-order valence-corrected chi connectivity index (χ2v) is 7.11. The van der Waals surface area contributed by atoms with E-state index in [0.29, 0.717) is 11.5 Å². The maximum atomic E-state index is 10.1. The van der Waals surface area contributed by atoms with Crippen LogP contribution in [0, 0.1) is 0 Å². The first-order chi connectivity index (χ1) is 12.7. The Bertz CT molecular complexity index is 757. The van der Waals surface area contributed by atoms with Gasteiger partial charge in [-0.05, 0) is 47.7 Å². The van der Waals surface area contributed by atoms with Gasteiger partial charge < -0.3 is 10.2 Å². The average molecular weight is 348 g/mol. The van der Waals surface area contributed by atoms with E-state index in [-0.39, 0.29) is 11.8 Å². The van der Waals surface area contributed by atoms with Crippen LogP contribution in [0.5, 0.6) is 11.5 Å². The van der Waals surface area contributed by atoms with Crippen LogP contribution < -0.4 is 0 Å². The molecular weight excluding hydrogens is 320 g/mol. The predicted octanol–water partition coefficient (Wildman–Crippen LogP) is 6.21. The Morgan fingerprint density at radius 1 is 0.731 bits per heavy atom. The molecule has 0 atom stereocenters. The van der Waals surface area contributed by atoms with E-state index in [4.69, 9.17) is 0 Å². The Morgan fingerprint density at radius 3 is 2.00 bits per heavy atom. The summed E-state index contributed by atoms with van der Waals surface area (Å²) in [6.07, 6.45) is 14.7. The van der Waals surface area contributed by atoms with Crippen molar-refractivity contribution in [3.63, 3.8) is 0 Å². The largest absolute Gasteiger partial charge is 0.508 e. The molecule has 0 bridgehead atoms. The Hall–Kier alpha value is -2.48. The highest BCUT2D eigenvalue weighted by molar-refractivity contribution is 5.43. The van der Waals surface area contributed by atoms with E-state index in [2.05, 4.69) is 37.3 Å². The molecule has 0 radical (unpaired) electrons. The number of hydrogen-bond donors (Lipinski definition) is 2. The maximum absolute atomic E-state index is 10.1. The van der Waals surface area contributed by atoms with Crippen molar-refractivity contribution in [3.8, 4) is 11.5 Å². The van der Waals surface area contributed by atoms with Crippen LogP contribution in [0.4, 0.5) is 0 Å². The van der Waals surface area contributed by atoms with Crippen LogP contribution in [0.3, 0.4) is 0 Å². The summed E-state index contributed by atoms with van der Waals surface area (Å²) < 4.78 is 0. The zero-order valence-electron chi connectivity index (χ0n) is 15.4. The highest BCUT2D eigenvalue weighted by Gasteiger charge is 2.14. The molecule has 0 aromatic heterocycles. The van der Waals surface area contributed by atoms with Crippen LogP contribution in [0.15, 0.2) is 66.8 Å². The predicted molar refractivity (Wildman–Crippen MR) is 108 cm³/mol. The van der Waals surface area contributed by atoms with Gasteiger partial charge in [-0.1, -0.05) is 74.8 Å². The number of hydrogen-bond acceptors (Lipinski definition) is 2. The topological polar surface area (TPSA) is 40.5 Å². The maximum Gasteiger partial charge on any atom is 0.118 e. The molecule has 0 unspecified atom stereocenters. The normalized spacial score (nSPS) is 19.0. The molecule has 136 valence electrons. The van der Waals surface area contributed by atoms with Gasteiger partial charge in [-0.25, -0.2) is 0 Å². The molecule has 2 nitrogen and oxygen atoms in total. The molecule has 3 rings (SSSR count). The molecule has 0 spiro atoms. The summed E-state index contributed by atoms with van der Waals surface area (Å²) in [5.41, 5.74) is 3.46. The summed E-state index contributed by atoms with van der Waals surface area (Å²) in [5, 5.41) is 19.6. The highest BCUT2D eigenvalue weighted by Crippen LogP contribution is 2.32. The van der Waals surface area contributed by atoms with E-state index >= 15 is 0 Å². The lowest BCUT2D eigenvalue weighted by Crippen LogP contribution is -2.01. The third-order valence-corrected chi connectivity index (χ3v) is 5.12. The van der Waals surface area contributed by atoms with Crippen LogP contribution in [-0.2, 0) is 6.42 Å². The monoisotopic (exact) mass is 348 g/mol. The number of unbranched alkanes of at least 4 members (excludes halogenated alkanes) is 3. The van der Waals surface area contributed by atoms with Gasteiger partial charge in [0.15, 0.2) is 0 Å². The fraction of sp³-hybridized carbons (Fsp3) is 0.333. The quantitative estimate of drug-likeness (QED) is 0.461. The lowest BCUT2D eigenvalue weighted by atomic mass is 9.86. The van der Waals surface area contributed by atoms with Gasteiger partial charge in [-0.2, -0.15) is 0 Å². The van der Waals surface area contributed by atoms with Gasteiger partial charge in [-0.3, -0.25) is 0 Å². The molecule has 2 N–H and O–H groups in total. The molecule has 1 aliphatic carbocycles. The van der Waals surface area contributed by atoms with E-state index in [9.17, 15) is 10.2 Å². The molecule has 0 heterocycles. The number of allylic oxidation sites excluding steroid dienone is 4. The van der Waals surface area contributed by atoms with Gasteiger partial charge >= 0.3 is 0 Å². The minimum absolute atomic E-state index is 0.248. The van der Waals surface area contributed by atoms with Gasteiger partial charge in [-0.15, -0.1) is 0 Å². The molecule has 2 aromatic rings. The molecule has 2 aromatic carbocycles. The van der Waals surface area contributed by atoms with E-state index < -0.39 is 0 Å². The Balaban J connectivity index is 1.67. The molecular formula is C24H28O2. The van der Waals surface area contributed by atoms with Crippen molar-refractivity contribution in [1.82, 2.24) is 0 Å². The number of aromatic hydroxyl groups is 2. The fourth-order valence-electron chi connectivity index (χ4n) is 3.50. The first-order valence-electron chi connectivity index (χ1n) is 9.64. The number of phenols is 2. The van der Waals surface area contributed by atoms with Crippen LogP contribution in [0.1, 0.15) is 61.1 Å². The van der Waals surface area contributed by atoms with Crippen LogP contribution in [0.2, 0.25) is 0 Å². The van der Waals surface area contributed by atoms with E-state index in [1.54, 1.807) is 12.1 Å². The Morgan fingerprint density at radius 2 is 1.35 bits per heavy atom. The standard InChI is InChI=1S/C24H28O2/c1-2-3-4-5-6-22-17-21(13-16-24(22)26)20-9-7-18(8-10-20)19-11-14-23(25)15-12-19/h7-18,20,25-26H,2-6H2,1H3. The first kappa shape index (κ1) is 18.3. The first-order valence-corrected chi connectivity index (χ1v) is 9.64. The van der Waals surface area contributed by atoms with Crippen molar-refractivity contribution in [2.24, 2.45) is 0 Å². The van der Waals surface area contributed by atoms with Crippen LogP contribution in [-0.4, -0.2) is 10.2 Å². The zero-order chi connectivity index (χ0) is 18.4. The van der Waals surface area contributed by atoms with Gasteiger partial charge in [0.1, 0.15) is 11.5 Å². The molecule has 0 aliphatic heterocycles. The minimum atomic E-state index is 0.248. The molecule has 26 heavy (non-hydrogen) atoms. The fourth-order valence-corrected chi connectivity index (χ4v) is 3.50. The van der Waals surface area contributed by atoms with E-state index in [0.717, 1.165) is 18.4 Å². The van der Waals surface area contributed by atoms with Crippen LogP contribution >= 0.6 is 0 Å². The van der Waals surface area contributed by atoms with Crippen molar-refractivity contribution in [2.45, 2.75) is 50.9 Å². The van der Waals surface area contributed by atoms with E-state index in [1.165, 1.54) is 30.4 Å². The molecule has 0 fully saturated rings. The number of benzene rings is 2. The number of phenolic OH excluding ortho intramolecular Hbond substituents is 2. The second kappa shape index (κ2) is 8.75. The lowest BCUT2D eigenvalue weighted by Gasteiger charge is -2.18. The molecule has 0 amide bonds. The SMILES string of the molecule is CCCCCCc1cc(C2C=CC(c3ccc(O)cc3)C=C2)ccc1O. The summed E-state index contributed by atoms with van der Waals surface area (Å²) in [7, 11) is 0. The summed E-state index contributed by atoms with van der Waals surface area (Å²) in [5.74, 6) is 1.21. The zero-order valence-corrected chi connectivity index (χ0v) is 15.4. The molecule has 2 heteroatoms. The lowest BCUT2D eigenvalue weighted by molar-refractivity contribution is 0.466. The average Bonchev–Trinajstić information content (AvgIpc) is 2.67. The number of rotatable bonds is 7. The molecule has 0 saturated heterocycles. The summed E-state index contributed by atoms with van der Waals surface area (Å²) in [4.78, 5) is 0.